The smallest absolute Gasteiger partial charge is 0.278 e. The predicted molar refractivity (Wildman–Crippen MR) is 112 cm³/mol. The highest BCUT2D eigenvalue weighted by Gasteiger charge is 2.50. The second-order valence-corrected chi connectivity index (χ2v) is 8.44. The Balaban J connectivity index is 1.43. The highest BCUT2D eigenvalue weighted by Crippen LogP contribution is 2.36. The van der Waals surface area contributed by atoms with Gasteiger partial charge in [-0.05, 0) is 6.92 Å². The maximum atomic E-state index is 12.8. The Morgan fingerprint density at radius 2 is 2.23 bits per heavy atom. The van der Waals surface area contributed by atoms with Gasteiger partial charge in [-0.15, -0.1) is 11.8 Å². The number of aromatic nitrogens is 3. The zero-order valence-corrected chi connectivity index (χ0v) is 17.7. The van der Waals surface area contributed by atoms with Crippen LogP contribution in [0.3, 0.4) is 0 Å². The number of nitrogens with two attached hydrogens (primary N) is 1. The average molecular weight is 447 g/mol. The Morgan fingerprint density at radius 3 is 2.93 bits per heavy atom. The molecule has 0 bridgehead atoms. The summed E-state index contributed by atoms with van der Waals surface area (Å²) in [6, 6.07) is 5.24. The van der Waals surface area contributed by atoms with E-state index < -0.39 is 11.9 Å². The molecule has 0 aromatic carbocycles. The third-order valence-electron chi connectivity index (χ3n) is 4.44. The van der Waals surface area contributed by atoms with Crippen LogP contribution in [0.25, 0.3) is 0 Å². The molecule has 4 rings (SSSR count). The number of hydrogen-bond acceptors (Lipinski definition) is 9. The second-order valence-electron chi connectivity index (χ2n) is 6.55. The molecule has 156 valence electrons. The Hall–Kier alpha value is -2.99. The van der Waals surface area contributed by atoms with Crippen LogP contribution in [0, 0.1) is 0 Å². The first-order valence-electron chi connectivity index (χ1n) is 9.24. The third kappa shape index (κ3) is 4.14. The standard InChI is InChI=1S/C18H19N7O3S2/c1-2-28-22-12(14-21-18(19)30-23-14)15(26)20-13-16(27)25-9-11(10-29-17(13)25)8-24-6-4-3-5-7-24/h3-7,9,13,17H,2,8,10H2,1H3,(H2-,19,20,21,23,26)/p+1/t13?,17-/m0/s1. The number of nitrogens with zero attached hydrogens (tertiary/aromatic N) is 5. The second kappa shape index (κ2) is 8.79. The number of anilines is 1. The van der Waals surface area contributed by atoms with Crippen LogP contribution in [-0.4, -0.2) is 55.6 Å². The van der Waals surface area contributed by atoms with Crippen molar-refractivity contribution < 1.29 is 19.0 Å². The SMILES string of the molecule is CCON=C(C(=O)NC1C(=O)N2C=C(C[n+]3ccccc3)CS[C@@H]12)c1nsc(N)n1. The lowest BCUT2D eigenvalue weighted by Crippen LogP contribution is -2.69. The summed E-state index contributed by atoms with van der Waals surface area (Å²) in [6.07, 6.45) is 5.85. The molecule has 2 aliphatic rings. The minimum absolute atomic E-state index is 0.0745. The minimum atomic E-state index is -0.646. The lowest BCUT2D eigenvalue weighted by molar-refractivity contribution is -0.689. The summed E-state index contributed by atoms with van der Waals surface area (Å²) in [4.78, 5) is 36.1. The molecule has 0 aliphatic carbocycles. The number of oxime groups is 1. The van der Waals surface area contributed by atoms with Gasteiger partial charge in [0.15, 0.2) is 24.1 Å². The lowest BCUT2D eigenvalue weighted by Gasteiger charge is -2.47. The van der Waals surface area contributed by atoms with Crippen molar-refractivity contribution >= 4 is 46.0 Å². The number of pyridine rings is 1. The molecule has 1 saturated heterocycles. The minimum Gasteiger partial charge on any atom is -0.395 e. The molecule has 4 heterocycles. The summed E-state index contributed by atoms with van der Waals surface area (Å²) in [5.74, 6) is 0.102. The summed E-state index contributed by atoms with van der Waals surface area (Å²) in [5.41, 5.74) is 6.63. The molecule has 2 aromatic rings. The molecule has 1 unspecified atom stereocenters. The fraction of sp³-hybridized carbons (Fsp3) is 0.333. The summed E-state index contributed by atoms with van der Waals surface area (Å²) in [6.45, 7) is 2.73. The molecular formula is C18H20N7O3S2+. The van der Waals surface area contributed by atoms with Gasteiger partial charge in [0, 0.05) is 41.2 Å². The number of β-lactam (4-membered cyclic amide) rings is 1. The molecule has 2 aliphatic heterocycles. The summed E-state index contributed by atoms with van der Waals surface area (Å²) in [7, 11) is 0. The molecule has 10 nitrogen and oxygen atoms in total. The number of hydrogen-bond donors (Lipinski definition) is 2. The van der Waals surface area contributed by atoms with Crippen LogP contribution < -0.4 is 15.6 Å². The number of carbonyl (C=O) groups excluding carboxylic acids is 2. The fourth-order valence-corrected chi connectivity index (χ4v) is 4.76. The van der Waals surface area contributed by atoms with Crippen LogP contribution in [0.15, 0.2) is 47.5 Å². The molecule has 2 atom stereocenters. The van der Waals surface area contributed by atoms with Crippen molar-refractivity contribution in [2.24, 2.45) is 5.16 Å². The molecule has 12 heteroatoms. The van der Waals surface area contributed by atoms with E-state index in [2.05, 4.69) is 24.4 Å². The van der Waals surface area contributed by atoms with Crippen molar-refractivity contribution in [3.63, 3.8) is 0 Å². The van der Waals surface area contributed by atoms with E-state index in [9.17, 15) is 9.59 Å². The Bertz CT molecular complexity index is 1010. The summed E-state index contributed by atoms with van der Waals surface area (Å²) >= 11 is 2.57. The summed E-state index contributed by atoms with van der Waals surface area (Å²) < 4.78 is 6.07. The molecular weight excluding hydrogens is 426 g/mol. The highest BCUT2D eigenvalue weighted by atomic mass is 32.2. The van der Waals surface area contributed by atoms with E-state index in [0.717, 1.165) is 22.9 Å². The van der Waals surface area contributed by atoms with Gasteiger partial charge in [-0.2, -0.15) is 9.36 Å². The van der Waals surface area contributed by atoms with Crippen LogP contribution in [0.2, 0.25) is 0 Å². The van der Waals surface area contributed by atoms with Crippen molar-refractivity contribution in [3.8, 4) is 0 Å². The van der Waals surface area contributed by atoms with Crippen molar-refractivity contribution in [1.82, 2.24) is 19.6 Å². The van der Waals surface area contributed by atoms with Crippen molar-refractivity contribution in [3.05, 3.63) is 48.2 Å². The van der Waals surface area contributed by atoms with Crippen LogP contribution >= 0.6 is 23.3 Å². The molecule has 0 radical (unpaired) electrons. The van der Waals surface area contributed by atoms with E-state index in [1.807, 2.05) is 36.8 Å². The largest absolute Gasteiger partial charge is 0.395 e. The number of nitrogens with one attached hydrogen (secondary N) is 1. The van der Waals surface area contributed by atoms with E-state index in [0.29, 0.717) is 6.54 Å². The van der Waals surface area contributed by atoms with Gasteiger partial charge in [0.05, 0.1) is 0 Å². The maximum absolute atomic E-state index is 12.8. The number of carbonyl (C=O) groups is 2. The molecule has 0 saturated carbocycles. The van der Waals surface area contributed by atoms with Gasteiger partial charge in [-0.3, -0.25) is 9.59 Å². The Labute approximate surface area is 181 Å². The van der Waals surface area contributed by atoms with Gasteiger partial charge >= 0.3 is 0 Å². The lowest BCUT2D eigenvalue weighted by atomic mass is 10.1. The van der Waals surface area contributed by atoms with Crippen molar-refractivity contribution in [2.45, 2.75) is 24.9 Å². The highest BCUT2D eigenvalue weighted by molar-refractivity contribution is 8.00. The Morgan fingerprint density at radius 1 is 1.43 bits per heavy atom. The number of fused-ring (bicyclic) bond motifs is 1. The van der Waals surface area contributed by atoms with Crippen LogP contribution in [0.4, 0.5) is 5.13 Å². The van der Waals surface area contributed by atoms with Gasteiger partial charge in [-0.1, -0.05) is 11.2 Å². The zero-order chi connectivity index (χ0) is 21.1. The van der Waals surface area contributed by atoms with Gasteiger partial charge in [0.1, 0.15) is 18.0 Å². The number of nitrogen functional groups attached to an aromatic ring is 1. The van der Waals surface area contributed by atoms with E-state index in [1.165, 1.54) is 0 Å². The fourth-order valence-electron chi connectivity index (χ4n) is 3.07. The first kappa shape index (κ1) is 20.3. The third-order valence-corrected chi connectivity index (χ3v) is 6.36. The molecule has 0 spiro atoms. The number of thioether (sulfide) groups is 1. The maximum Gasteiger partial charge on any atom is 0.278 e. The van der Waals surface area contributed by atoms with Crippen molar-refractivity contribution in [2.75, 3.05) is 18.1 Å². The number of amides is 2. The van der Waals surface area contributed by atoms with Crippen LogP contribution in [0.1, 0.15) is 12.7 Å². The zero-order valence-electron chi connectivity index (χ0n) is 16.1. The van der Waals surface area contributed by atoms with E-state index in [1.54, 1.807) is 23.6 Å². The van der Waals surface area contributed by atoms with Gasteiger partial charge in [0.2, 0.25) is 11.5 Å². The van der Waals surface area contributed by atoms with E-state index >= 15 is 0 Å². The molecule has 2 amide bonds. The van der Waals surface area contributed by atoms with E-state index in [-0.39, 0.29) is 34.6 Å². The molecule has 3 N–H and O–H groups in total. The van der Waals surface area contributed by atoms with Gasteiger partial charge in [0.25, 0.3) is 11.8 Å². The van der Waals surface area contributed by atoms with Crippen LogP contribution in [-0.2, 0) is 21.0 Å². The van der Waals surface area contributed by atoms with E-state index in [4.69, 9.17) is 10.6 Å². The first-order valence-corrected chi connectivity index (χ1v) is 11.1. The Kier molecular flexibility index (Phi) is 5.95. The molecule has 30 heavy (non-hydrogen) atoms. The van der Waals surface area contributed by atoms with Crippen molar-refractivity contribution in [1.29, 1.82) is 0 Å². The quantitative estimate of drug-likeness (QED) is 0.268. The molecule has 2 aromatic heterocycles. The first-order chi connectivity index (χ1) is 14.6. The van der Waals surface area contributed by atoms with Gasteiger partial charge in [-0.25, -0.2) is 4.57 Å². The topological polar surface area (TPSA) is 127 Å². The predicted octanol–water partition coefficient (Wildman–Crippen LogP) is 0.132. The average Bonchev–Trinajstić information content (AvgIpc) is 3.19. The normalized spacial score (nSPS) is 20.8. The summed E-state index contributed by atoms with van der Waals surface area (Å²) in [5, 5.41) is 6.60. The van der Waals surface area contributed by atoms with Gasteiger partial charge < -0.3 is 20.8 Å². The number of rotatable bonds is 7. The molecule has 1 fully saturated rings. The van der Waals surface area contributed by atoms with Crippen LogP contribution in [0.5, 0.6) is 0 Å². The monoisotopic (exact) mass is 446 g/mol.